The number of nitrogens with one attached hydrogen (secondary N) is 2. The number of hydrogen-bond donors (Lipinski definition) is 2. The van der Waals surface area contributed by atoms with E-state index in [1.54, 1.807) is 4.57 Å². The summed E-state index contributed by atoms with van der Waals surface area (Å²) >= 11 is 0. The average Bonchev–Trinajstić information content (AvgIpc) is 2.73. The Kier molecular flexibility index (Phi) is 5.21. The Balaban J connectivity index is 1.82. The number of imidazole rings is 1. The molecule has 7 nitrogen and oxygen atoms in total. The molecule has 2 amide bonds. The molecule has 0 unspecified atom stereocenters. The van der Waals surface area contributed by atoms with E-state index in [1.165, 1.54) is 4.57 Å². The molecule has 1 aliphatic heterocycles. The second kappa shape index (κ2) is 7.55. The number of amides is 2. The number of hydrogen-bond acceptors (Lipinski definition) is 3. The zero-order valence-electron chi connectivity index (χ0n) is 14.5. The lowest BCUT2D eigenvalue weighted by atomic mass is 10.1. The van der Waals surface area contributed by atoms with Crippen molar-refractivity contribution in [1.82, 2.24) is 19.8 Å². The number of aromatic nitrogens is 2. The molecule has 2 N–H and O–H groups in total. The summed E-state index contributed by atoms with van der Waals surface area (Å²) in [5.41, 5.74) is 1.37. The fourth-order valence-corrected chi connectivity index (χ4v) is 3.33. The van der Waals surface area contributed by atoms with Crippen LogP contribution in [0, 0.1) is 0 Å². The first-order valence-corrected chi connectivity index (χ1v) is 8.87. The maximum absolute atomic E-state index is 12.7. The highest BCUT2D eigenvalue weighted by molar-refractivity contribution is 5.88. The van der Waals surface area contributed by atoms with Crippen LogP contribution >= 0.6 is 0 Å². The zero-order chi connectivity index (χ0) is 17.8. The van der Waals surface area contributed by atoms with Crippen molar-refractivity contribution in [2.75, 3.05) is 6.54 Å². The molecule has 1 aromatic heterocycles. The van der Waals surface area contributed by atoms with Gasteiger partial charge in [-0.3, -0.25) is 18.7 Å². The number of nitrogens with zero attached hydrogens (tertiary/aromatic N) is 2. The molecule has 1 fully saturated rings. The predicted molar refractivity (Wildman–Crippen MR) is 95.3 cm³/mol. The van der Waals surface area contributed by atoms with E-state index in [0.717, 1.165) is 30.3 Å². The normalized spacial score (nSPS) is 18.0. The van der Waals surface area contributed by atoms with Gasteiger partial charge in [0.15, 0.2) is 0 Å². The molecule has 1 atom stereocenters. The standard InChI is InChI=1S/C18H24N4O3/c1-2-11-21-14-8-3-4-9-15(14)22(18(21)25)12-16(23)20-13-7-5-6-10-19-17(13)24/h3-4,8-9,13H,2,5-7,10-12H2,1H3,(H,19,24)(H,20,23)/t13-/m0/s1. The molecule has 0 aliphatic carbocycles. The lowest BCUT2D eigenvalue weighted by Crippen LogP contribution is -2.47. The number of fused-ring (bicyclic) bond motifs is 1. The van der Waals surface area contributed by atoms with Gasteiger partial charge in [0.25, 0.3) is 0 Å². The van der Waals surface area contributed by atoms with Crippen LogP contribution in [0.4, 0.5) is 0 Å². The smallest absolute Gasteiger partial charge is 0.329 e. The SMILES string of the molecule is CCCn1c(=O)n(CC(=O)N[C@H]2CCCCNC2=O)c2ccccc21. The minimum atomic E-state index is -0.519. The van der Waals surface area contributed by atoms with Gasteiger partial charge in [-0.25, -0.2) is 4.79 Å². The molecule has 7 heteroatoms. The van der Waals surface area contributed by atoms with Crippen molar-refractivity contribution in [2.45, 2.75) is 51.7 Å². The van der Waals surface area contributed by atoms with Crippen LogP contribution in [0.2, 0.25) is 0 Å². The van der Waals surface area contributed by atoms with Crippen molar-refractivity contribution in [2.24, 2.45) is 0 Å². The summed E-state index contributed by atoms with van der Waals surface area (Å²) in [4.78, 5) is 37.1. The maximum atomic E-state index is 12.7. The molecule has 2 aromatic rings. The van der Waals surface area contributed by atoms with Gasteiger partial charge in [0, 0.05) is 13.1 Å². The minimum Gasteiger partial charge on any atom is -0.354 e. The zero-order valence-corrected chi connectivity index (χ0v) is 14.5. The van der Waals surface area contributed by atoms with Gasteiger partial charge in [-0.05, 0) is 37.8 Å². The second-order valence-electron chi connectivity index (χ2n) is 6.42. The first-order chi connectivity index (χ1) is 12.1. The Bertz CT molecular complexity index is 836. The summed E-state index contributed by atoms with van der Waals surface area (Å²) in [6.45, 7) is 3.18. The molecule has 1 aromatic carbocycles. The lowest BCUT2D eigenvalue weighted by Gasteiger charge is -2.15. The molecule has 2 heterocycles. The molecule has 0 bridgehead atoms. The predicted octanol–water partition coefficient (Wildman–Crippen LogP) is 0.998. The van der Waals surface area contributed by atoms with Crippen molar-refractivity contribution in [3.63, 3.8) is 0 Å². The number of aryl methyl sites for hydroxylation is 1. The van der Waals surface area contributed by atoms with Gasteiger partial charge in [0.2, 0.25) is 11.8 Å². The van der Waals surface area contributed by atoms with E-state index in [2.05, 4.69) is 10.6 Å². The van der Waals surface area contributed by atoms with Crippen molar-refractivity contribution in [3.05, 3.63) is 34.7 Å². The van der Waals surface area contributed by atoms with E-state index in [0.29, 0.717) is 19.5 Å². The van der Waals surface area contributed by atoms with Crippen LogP contribution in [-0.2, 0) is 22.7 Å². The quantitative estimate of drug-likeness (QED) is 0.848. The summed E-state index contributed by atoms with van der Waals surface area (Å²) < 4.78 is 3.18. The third-order valence-electron chi connectivity index (χ3n) is 4.54. The molecular weight excluding hydrogens is 320 g/mol. The topological polar surface area (TPSA) is 85.1 Å². The summed E-state index contributed by atoms with van der Waals surface area (Å²) in [7, 11) is 0. The van der Waals surface area contributed by atoms with Crippen LogP contribution in [0.25, 0.3) is 11.0 Å². The van der Waals surface area contributed by atoms with Crippen LogP contribution in [-0.4, -0.2) is 33.5 Å². The number of benzene rings is 1. The number of rotatable bonds is 5. The highest BCUT2D eigenvalue weighted by Crippen LogP contribution is 2.13. The van der Waals surface area contributed by atoms with Crippen LogP contribution in [0.3, 0.4) is 0 Å². The molecule has 0 radical (unpaired) electrons. The van der Waals surface area contributed by atoms with E-state index in [9.17, 15) is 14.4 Å². The van der Waals surface area contributed by atoms with Crippen LogP contribution in [0.1, 0.15) is 32.6 Å². The molecule has 134 valence electrons. The van der Waals surface area contributed by atoms with Crippen molar-refractivity contribution in [1.29, 1.82) is 0 Å². The summed E-state index contributed by atoms with van der Waals surface area (Å²) in [6, 6.07) is 6.95. The van der Waals surface area contributed by atoms with Crippen LogP contribution in [0.5, 0.6) is 0 Å². The second-order valence-corrected chi connectivity index (χ2v) is 6.42. The maximum Gasteiger partial charge on any atom is 0.329 e. The van der Waals surface area contributed by atoms with Gasteiger partial charge >= 0.3 is 5.69 Å². The largest absolute Gasteiger partial charge is 0.354 e. The van der Waals surface area contributed by atoms with Gasteiger partial charge in [-0.15, -0.1) is 0 Å². The third kappa shape index (κ3) is 3.60. The number of carbonyl (C=O) groups is 2. The van der Waals surface area contributed by atoms with Crippen molar-refractivity contribution in [3.8, 4) is 0 Å². The molecular formula is C18H24N4O3. The Hall–Kier alpha value is -2.57. The first-order valence-electron chi connectivity index (χ1n) is 8.87. The lowest BCUT2D eigenvalue weighted by molar-refractivity contribution is -0.129. The van der Waals surface area contributed by atoms with Crippen molar-refractivity contribution >= 4 is 22.8 Å². The highest BCUT2D eigenvalue weighted by atomic mass is 16.2. The van der Waals surface area contributed by atoms with Crippen LogP contribution in [0.15, 0.2) is 29.1 Å². The Morgan fingerprint density at radius 3 is 2.64 bits per heavy atom. The van der Waals surface area contributed by atoms with Crippen LogP contribution < -0.4 is 16.3 Å². The Labute approximate surface area is 146 Å². The molecule has 3 rings (SSSR count). The van der Waals surface area contributed by atoms with Crippen molar-refractivity contribution < 1.29 is 9.59 Å². The molecule has 1 aliphatic rings. The number of para-hydroxylation sites is 2. The minimum absolute atomic E-state index is 0.0835. The third-order valence-corrected chi connectivity index (χ3v) is 4.54. The molecule has 0 spiro atoms. The van der Waals surface area contributed by atoms with E-state index in [4.69, 9.17) is 0 Å². The van der Waals surface area contributed by atoms with E-state index in [1.807, 2.05) is 31.2 Å². The molecule has 0 saturated carbocycles. The van der Waals surface area contributed by atoms with E-state index >= 15 is 0 Å². The van der Waals surface area contributed by atoms with Gasteiger partial charge in [-0.2, -0.15) is 0 Å². The monoisotopic (exact) mass is 344 g/mol. The highest BCUT2D eigenvalue weighted by Gasteiger charge is 2.23. The first kappa shape index (κ1) is 17.3. The fraction of sp³-hybridized carbons (Fsp3) is 0.500. The Morgan fingerprint density at radius 1 is 1.20 bits per heavy atom. The van der Waals surface area contributed by atoms with E-state index in [-0.39, 0.29) is 24.0 Å². The van der Waals surface area contributed by atoms with E-state index < -0.39 is 6.04 Å². The van der Waals surface area contributed by atoms with Gasteiger partial charge in [-0.1, -0.05) is 19.1 Å². The fourth-order valence-electron chi connectivity index (χ4n) is 3.33. The van der Waals surface area contributed by atoms with Gasteiger partial charge < -0.3 is 10.6 Å². The average molecular weight is 344 g/mol. The summed E-state index contributed by atoms with van der Waals surface area (Å²) in [5, 5.41) is 5.57. The number of carbonyl (C=O) groups excluding carboxylic acids is 2. The van der Waals surface area contributed by atoms with Gasteiger partial charge in [0.1, 0.15) is 12.6 Å². The molecule has 25 heavy (non-hydrogen) atoms. The molecule has 1 saturated heterocycles. The summed E-state index contributed by atoms with van der Waals surface area (Å²) in [6.07, 6.45) is 3.27. The van der Waals surface area contributed by atoms with Gasteiger partial charge in [0.05, 0.1) is 11.0 Å². The Morgan fingerprint density at radius 2 is 1.92 bits per heavy atom. The summed E-state index contributed by atoms with van der Waals surface area (Å²) in [5.74, 6) is -0.463.